The van der Waals surface area contributed by atoms with E-state index in [1.54, 1.807) is 6.07 Å². The summed E-state index contributed by atoms with van der Waals surface area (Å²) in [5, 5.41) is 27.8. The average molecular weight is 307 g/mol. The van der Waals surface area contributed by atoms with Crippen LogP contribution in [0.4, 0.5) is 0 Å². The molecule has 0 aromatic heterocycles. The molecule has 1 aromatic rings. The van der Waals surface area contributed by atoms with Crippen LogP contribution in [0.3, 0.4) is 0 Å². The molecular weight excluding hydrogens is 290 g/mol. The summed E-state index contributed by atoms with van der Waals surface area (Å²) in [7, 11) is 0. The molecule has 5 nitrogen and oxygen atoms in total. The summed E-state index contributed by atoms with van der Waals surface area (Å²) in [6.45, 7) is 5.28. The van der Waals surface area contributed by atoms with Crippen molar-refractivity contribution in [2.45, 2.75) is 31.5 Å². The Hall–Kier alpha value is -2.39. The molecule has 2 aliphatic rings. The van der Waals surface area contributed by atoms with E-state index in [1.807, 2.05) is 37.3 Å². The largest absolute Gasteiger partial charge is 0.378 e. The van der Waals surface area contributed by atoms with Gasteiger partial charge in [0.15, 0.2) is 0 Å². The van der Waals surface area contributed by atoms with Crippen molar-refractivity contribution in [2.24, 2.45) is 11.8 Å². The number of nitriles is 3. The predicted octanol–water partition coefficient (Wildman–Crippen LogP) is 2.53. The fourth-order valence-electron chi connectivity index (χ4n) is 3.65. The summed E-state index contributed by atoms with van der Waals surface area (Å²) in [6.07, 6.45) is 0.187. The third kappa shape index (κ3) is 2.28. The molecule has 0 bridgehead atoms. The van der Waals surface area contributed by atoms with Gasteiger partial charge in [-0.15, -0.1) is 0 Å². The molecule has 0 amide bonds. The molecular formula is C18H17N3O2. The number of rotatable bonds is 2. The van der Waals surface area contributed by atoms with Crippen LogP contribution in [0.5, 0.6) is 0 Å². The van der Waals surface area contributed by atoms with Gasteiger partial charge in [-0.05, 0) is 25.0 Å². The molecule has 2 aliphatic heterocycles. The van der Waals surface area contributed by atoms with Crippen molar-refractivity contribution in [2.75, 3.05) is 13.2 Å². The van der Waals surface area contributed by atoms with Gasteiger partial charge in [0.2, 0.25) is 0 Å². The molecule has 0 radical (unpaired) electrons. The standard InChI is InChI=1S/C18H17N3O2/c1-11-5-13(3-4-16(11)18(8-19,9-20)10-21)17-15-7-22-12(2)14(15)6-23-17/h3-5,12,14-15,17H,6-7H2,1-2H3/t12-,14-,15+,17-/m1/s1. The van der Waals surface area contributed by atoms with E-state index in [0.717, 1.165) is 11.1 Å². The van der Waals surface area contributed by atoms with E-state index < -0.39 is 5.41 Å². The monoisotopic (exact) mass is 307 g/mol. The first kappa shape index (κ1) is 15.5. The molecule has 2 fully saturated rings. The van der Waals surface area contributed by atoms with Crippen molar-refractivity contribution in [3.05, 3.63) is 34.9 Å². The van der Waals surface area contributed by atoms with Crippen molar-refractivity contribution < 1.29 is 9.47 Å². The average Bonchev–Trinajstić information content (AvgIpc) is 3.14. The van der Waals surface area contributed by atoms with Gasteiger partial charge in [-0.2, -0.15) is 15.8 Å². The SMILES string of the molecule is Cc1cc([C@H]2OC[C@H]3[C@@H]2CO[C@@H]3C)ccc1C(C#N)(C#N)C#N. The molecule has 5 heteroatoms. The molecule has 1 aromatic carbocycles. The lowest BCUT2D eigenvalue weighted by Crippen LogP contribution is -2.21. The van der Waals surface area contributed by atoms with Gasteiger partial charge in [0.05, 0.1) is 25.4 Å². The first-order valence-electron chi connectivity index (χ1n) is 7.64. The van der Waals surface area contributed by atoms with Crippen LogP contribution in [-0.4, -0.2) is 19.3 Å². The van der Waals surface area contributed by atoms with Crippen molar-refractivity contribution in [1.82, 2.24) is 0 Å². The summed E-state index contributed by atoms with van der Waals surface area (Å²) < 4.78 is 11.7. The number of nitrogens with zero attached hydrogens (tertiary/aromatic N) is 3. The van der Waals surface area contributed by atoms with Gasteiger partial charge in [-0.3, -0.25) is 0 Å². The predicted molar refractivity (Wildman–Crippen MR) is 80.8 cm³/mol. The lowest BCUT2D eigenvalue weighted by molar-refractivity contribution is 0.0261. The summed E-state index contributed by atoms with van der Waals surface area (Å²) in [4.78, 5) is 0. The minimum Gasteiger partial charge on any atom is -0.378 e. The van der Waals surface area contributed by atoms with Crippen molar-refractivity contribution in [1.29, 1.82) is 15.8 Å². The van der Waals surface area contributed by atoms with E-state index in [0.29, 0.717) is 30.6 Å². The summed E-state index contributed by atoms with van der Waals surface area (Å²) >= 11 is 0. The van der Waals surface area contributed by atoms with Gasteiger partial charge < -0.3 is 9.47 Å². The third-order valence-corrected chi connectivity index (χ3v) is 5.05. The quantitative estimate of drug-likeness (QED) is 0.837. The minimum absolute atomic E-state index is 0.0293. The minimum atomic E-state index is -1.76. The second kappa shape index (κ2) is 5.67. The Morgan fingerprint density at radius 1 is 1.04 bits per heavy atom. The highest BCUT2D eigenvalue weighted by Crippen LogP contribution is 2.45. The molecule has 0 unspecified atom stereocenters. The van der Waals surface area contributed by atoms with Crippen molar-refractivity contribution >= 4 is 0 Å². The Morgan fingerprint density at radius 3 is 2.30 bits per heavy atom. The zero-order chi connectivity index (χ0) is 16.6. The third-order valence-electron chi connectivity index (χ3n) is 5.05. The lowest BCUT2D eigenvalue weighted by Gasteiger charge is -2.19. The van der Waals surface area contributed by atoms with E-state index in [4.69, 9.17) is 9.47 Å². The first-order chi connectivity index (χ1) is 11.1. The van der Waals surface area contributed by atoms with Crippen LogP contribution in [-0.2, 0) is 14.9 Å². The van der Waals surface area contributed by atoms with Gasteiger partial charge in [-0.1, -0.05) is 18.2 Å². The molecule has 0 aliphatic carbocycles. The van der Waals surface area contributed by atoms with E-state index in [2.05, 4.69) is 6.92 Å². The molecule has 2 heterocycles. The number of hydrogen-bond donors (Lipinski definition) is 0. The van der Waals surface area contributed by atoms with Gasteiger partial charge >= 0.3 is 0 Å². The topological polar surface area (TPSA) is 89.8 Å². The van der Waals surface area contributed by atoms with Crippen molar-refractivity contribution in [3.63, 3.8) is 0 Å². The number of hydrogen-bond acceptors (Lipinski definition) is 5. The van der Waals surface area contributed by atoms with E-state index in [-0.39, 0.29) is 12.2 Å². The van der Waals surface area contributed by atoms with E-state index in [9.17, 15) is 15.8 Å². The number of fused-ring (bicyclic) bond motifs is 1. The Kier molecular flexibility index (Phi) is 3.82. The number of ether oxygens (including phenoxy) is 2. The van der Waals surface area contributed by atoms with Gasteiger partial charge in [0.25, 0.3) is 5.41 Å². The molecule has 23 heavy (non-hydrogen) atoms. The van der Waals surface area contributed by atoms with E-state index in [1.165, 1.54) is 0 Å². The zero-order valence-electron chi connectivity index (χ0n) is 13.1. The maximum atomic E-state index is 9.25. The summed E-state index contributed by atoms with van der Waals surface area (Å²) in [6, 6.07) is 11.0. The Bertz CT molecular complexity index is 717. The van der Waals surface area contributed by atoms with Crippen LogP contribution in [0.25, 0.3) is 0 Å². The Balaban J connectivity index is 1.94. The van der Waals surface area contributed by atoms with Crippen LogP contribution < -0.4 is 0 Å². The highest BCUT2D eigenvalue weighted by molar-refractivity contribution is 5.52. The van der Waals surface area contributed by atoms with Crippen LogP contribution in [0, 0.1) is 52.8 Å². The fraction of sp³-hybridized carbons (Fsp3) is 0.500. The molecule has 2 saturated heterocycles. The number of aryl methyl sites for hydroxylation is 1. The molecule has 3 rings (SSSR count). The van der Waals surface area contributed by atoms with Crippen molar-refractivity contribution in [3.8, 4) is 18.2 Å². The maximum absolute atomic E-state index is 9.25. The molecule has 116 valence electrons. The highest BCUT2D eigenvalue weighted by Gasteiger charge is 2.46. The smallest absolute Gasteiger partial charge is 0.253 e. The zero-order valence-corrected chi connectivity index (χ0v) is 13.1. The molecule has 4 atom stereocenters. The Labute approximate surface area is 135 Å². The van der Waals surface area contributed by atoms with Gasteiger partial charge in [0, 0.05) is 17.4 Å². The van der Waals surface area contributed by atoms with E-state index >= 15 is 0 Å². The van der Waals surface area contributed by atoms with Crippen LogP contribution in [0.1, 0.15) is 29.7 Å². The normalized spacial score (nSPS) is 29.3. The highest BCUT2D eigenvalue weighted by atomic mass is 16.5. The first-order valence-corrected chi connectivity index (χ1v) is 7.64. The molecule has 0 saturated carbocycles. The molecule has 0 spiro atoms. The molecule has 0 N–H and O–H groups in total. The Morgan fingerprint density at radius 2 is 1.70 bits per heavy atom. The summed E-state index contributed by atoms with van der Waals surface area (Å²) in [5.74, 6) is 0.749. The second-order valence-electron chi connectivity index (χ2n) is 6.28. The van der Waals surface area contributed by atoms with Gasteiger partial charge in [-0.25, -0.2) is 0 Å². The second-order valence-corrected chi connectivity index (χ2v) is 6.28. The van der Waals surface area contributed by atoms with Crippen LogP contribution in [0.15, 0.2) is 18.2 Å². The van der Waals surface area contributed by atoms with Crippen LogP contribution in [0.2, 0.25) is 0 Å². The van der Waals surface area contributed by atoms with Crippen LogP contribution >= 0.6 is 0 Å². The van der Waals surface area contributed by atoms with Gasteiger partial charge in [0.1, 0.15) is 18.2 Å². The number of benzene rings is 1. The summed E-state index contributed by atoms with van der Waals surface area (Å²) in [5.41, 5.74) is 0.455. The maximum Gasteiger partial charge on any atom is 0.253 e. The lowest BCUT2D eigenvalue weighted by atomic mass is 9.80. The fourth-order valence-corrected chi connectivity index (χ4v) is 3.65.